The molecule has 16 heavy (non-hydrogen) atoms. The van der Waals surface area contributed by atoms with Gasteiger partial charge in [0.1, 0.15) is 15.6 Å². The molecule has 96 valence electrons. The number of methoxy groups -OCH3 is 1. The number of rotatable bonds is 8. The highest BCUT2D eigenvalue weighted by Gasteiger charge is 2.20. The first-order valence-corrected chi connectivity index (χ1v) is 7.32. The fraction of sp³-hybridized carbons (Fsp3) is 0.909. The second kappa shape index (κ2) is 6.35. The van der Waals surface area contributed by atoms with E-state index in [4.69, 9.17) is 4.74 Å². The van der Waals surface area contributed by atoms with Gasteiger partial charge in [0.2, 0.25) is 0 Å². The number of carbonyl (C=O) groups excluding carboxylic acids is 1. The molecular weight excluding hydrogens is 228 g/mol. The Morgan fingerprint density at radius 3 is 2.31 bits per heavy atom. The molecular formula is C11H22O4S. The number of carbonyl (C=O) groups is 1. The molecule has 0 saturated carbocycles. The van der Waals surface area contributed by atoms with Gasteiger partial charge in [-0.1, -0.05) is 6.92 Å². The van der Waals surface area contributed by atoms with Crippen LogP contribution in [0.1, 0.15) is 40.0 Å². The van der Waals surface area contributed by atoms with Crippen molar-refractivity contribution in [3.8, 4) is 0 Å². The molecule has 0 bridgehead atoms. The average molecular weight is 250 g/mol. The first-order valence-electron chi connectivity index (χ1n) is 5.49. The van der Waals surface area contributed by atoms with Gasteiger partial charge in [-0.3, -0.25) is 4.79 Å². The molecule has 0 heterocycles. The maximum atomic E-state index is 11.5. The van der Waals surface area contributed by atoms with Crippen LogP contribution in [0.2, 0.25) is 0 Å². The minimum absolute atomic E-state index is 0.0538. The standard InChI is InChI=1S/C11H22O4S/c1-5-16(13,14)8-6-7-10(12)9-11(2,3)15-4/h5-9H2,1-4H3. The van der Waals surface area contributed by atoms with Gasteiger partial charge in [-0.05, 0) is 20.3 Å². The highest BCUT2D eigenvalue weighted by Crippen LogP contribution is 2.15. The second-order valence-corrected chi connectivity index (χ2v) is 6.99. The van der Waals surface area contributed by atoms with E-state index >= 15 is 0 Å². The molecule has 0 amide bonds. The molecule has 5 heteroatoms. The van der Waals surface area contributed by atoms with E-state index in [0.717, 1.165) is 0 Å². The maximum Gasteiger partial charge on any atom is 0.150 e. The third-order valence-electron chi connectivity index (χ3n) is 2.53. The minimum atomic E-state index is -2.95. The van der Waals surface area contributed by atoms with Crippen LogP contribution in [0.3, 0.4) is 0 Å². The van der Waals surface area contributed by atoms with E-state index < -0.39 is 15.4 Å². The largest absolute Gasteiger partial charge is 0.378 e. The van der Waals surface area contributed by atoms with Gasteiger partial charge in [-0.2, -0.15) is 0 Å². The highest BCUT2D eigenvalue weighted by atomic mass is 32.2. The molecule has 0 N–H and O–H groups in total. The van der Waals surface area contributed by atoms with E-state index in [1.165, 1.54) is 0 Å². The Morgan fingerprint density at radius 1 is 1.31 bits per heavy atom. The fourth-order valence-corrected chi connectivity index (χ4v) is 2.14. The van der Waals surface area contributed by atoms with Gasteiger partial charge in [0.05, 0.1) is 11.4 Å². The van der Waals surface area contributed by atoms with Crippen LogP contribution >= 0.6 is 0 Å². The van der Waals surface area contributed by atoms with E-state index in [1.54, 1.807) is 14.0 Å². The number of sulfone groups is 1. The van der Waals surface area contributed by atoms with Crippen molar-refractivity contribution >= 4 is 15.6 Å². The molecule has 0 radical (unpaired) electrons. The fourth-order valence-electron chi connectivity index (χ4n) is 1.27. The van der Waals surface area contributed by atoms with E-state index in [1.807, 2.05) is 13.8 Å². The lowest BCUT2D eigenvalue weighted by Crippen LogP contribution is -2.26. The van der Waals surface area contributed by atoms with Crippen LogP contribution in [-0.4, -0.2) is 38.4 Å². The lowest BCUT2D eigenvalue weighted by atomic mass is 9.99. The molecule has 4 nitrogen and oxygen atoms in total. The molecule has 0 saturated heterocycles. The van der Waals surface area contributed by atoms with Crippen LogP contribution in [0.25, 0.3) is 0 Å². The molecule has 0 aromatic heterocycles. The molecule has 0 unspecified atom stereocenters. The SMILES string of the molecule is CCS(=O)(=O)CCCC(=O)CC(C)(C)OC. The van der Waals surface area contributed by atoms with Crippen molar-refractivity contribution in [2.24, 2.45) is 0 Å². The van der Waals surface area contributed by atoms with Crippen LogP contribution in [0.15, 0.2) is 0 Å². The normalized spacial score (nSPS) is 12.8. The Kier molecular flexibility index (Phi) is 6.18. The molecule has 0 fully saturated rings. The van der Waals surface area contributed by atoms with Gasteiger partial charge >= 0.3 is 0 Å². The molecule has 0 rings (SSSR count). The molecule has 0 aliphatic heterocycles. The van der Waals surface area contributed by atoms with Crippen LogP contribution in [0.5, 0.6) is 0 Å². The summed E-state index contributed by atoms with van der Waals surface area (Å²) in [6, 6.07) is 0. The summed E-state index contributed by atoms with van der Waals surface area (Å²) in [6.07, 6.45) is 1.05. The molecule has 0 aromatic rings. The summed E-state index contributed by atoms with van der Waals surface area (Å²) in [5, 5.41) is 0. The van der Waals surface area contributed by atoms with Crippen molar-refractivity contribution in [3.63, 3.8) is 0 Å². The summed E-state index contributed by atoms with van der Waals surface area (Å²) in [5.74, 6) is 0.297. The summed E-state index contributed by atoms with van der Waals surface area (Å²) < 4.78 is 27.5. The van der Waals surface area contributed by atoms with Crippen molar-refractivity contribution in [1.29, 1.82) is 0 Å². The van der Waals surface area contributed by atoms with Gasteiger partial charge in [0, 0.05) is 25.7 Å². The molecule has 0 aliphatic rings. The van der Waals surface area contributed by atoms with Gasteiger partial charge in [0.25, 0.3) is 0 Å². The zero-order chi connectivity index (χ0) is 12.8. The lowest BCUT2D eigenvalue weighted by molar-refractivity contribution is -0.124. The molecule has 0 aliphatic carbocycles. The maximum absolute atomic E-state index is 11.5. The predicted molar refractivity (Wildman–Crippen MR) is 64.3 cm³/mol. The monoisotopic (exact) mass is 250 g/mol. The Morgan fingerprint density at radius 2 is 1.88 bits per heavy atom. The number of hydrogen-bond donors (Lipinski definition) is 0. The highest BCUT2D eigenvalue weighted by molar-refractivity contribution is 7.91. The van der Waals surface area contributed by atoms with E-state index in [0.29, 0.717) is 19.3 Å². The quantitative estimate of drug-likeness (QED) is 0.656. The summed E-state index contributed by atoms with van der Waals surface area (Å²) >= 11 is 0. The van der Waals surface area contributed by atoms with Crippen LogP contribution < -0.4 is 0 Å². The van der Waals surface area contributed by atoms with Crippen molar-refractivity contribution in [1.82, 2.24) is 0 Å². The third kappa shape index (κ3) is 6.95. The van der Waals surface area contributed by atoms with Crippen molar-refractivity contribution in [2.75, 3.05) is 18.6 Å². The zero-order valence-electron chi connectivity index (χ0n) is 10.6. The Balaban J connectivity index is 3.93. The van der Waals surface area contributed by atoms with Crippen LogP contribution in [0, 0.1) is 0 Å². The molecule has 0 spiro atoms. The average Bonchev–Trinajstić information content (AvgIpc) is 2.17. The molecule has 0 atom stereocenters. The lowest BCUT2D eigenvalue weighted by Gasteiger charge is -2.21. The third-order valence-corrected chi connectivity index (χ3v) is 4.32. The van der Waals surface area contributed by atoms with Gasteiger partial charge in [-0.15, -0.1) is 0 Å². The Hall–Kier alpha value is -0.420. The summed E-state index contributed by atoms with van der Waals surface area (Å²) in [4.78, 5) is 11.5. The predicted octanol–water partition coefficient (Wildman–Crippen LogP) is 1.59. The van der Waals surface area contributed by atoms with E-state index in [-0.39, 0.29) is 17.3 Å². The number of ketones is 1. The van der Waals surface area contributed by atoms with Crippen molar-refractivity contribution < 1.29 is 17.9 Å². The van der Waals surface area contributed by atoms with Crippen LogP contribution in [0.4, 0.5) is 0 Å². The molecule has 0 aromatic carbocycles. The number of hydrogen-bond acceptors (Lipinski definition) is 4. The Bertz CT molecular complexity index is 317. The summed E-state index contributed by atoms with van der Waals surface area (Å²) in [7, 11) is -1.38. The van der Waals surface area contributed by atoms with Crippen molar-refractivity contribution in [3.05, 3.63) is 0 Å². The second-order valence-electron chi connectivity index (χ2n) is 4.52. The van der Waals surface area contributed by atoms with E-state index in [2.05, 4.69) is 0 Å². The first kappa shape index (κ1) is 15.6. The van der Waals surface area contributed by atoms with Gasteiger partial charge in [-0.25, -0.2) is 8.42 Å². The van der Waals surface area contributed by atoms with E-state index in [9.17, 15) is 13.2 Å². The van der Waals surface area contributed by atoms with Gasteiger partial charge < -0.3 is 4.74 Å². The van der Waals surface area contributed by atoms with Crippen LogP contribution in [-0.2, 0) is 19.4 Å². The van der Waals surface area contributed by atoms with Gasteiger partial charge in [0.15, 0.2) is 0 Å². The smallest absolute Gasteiger partial charge is 0.150 e. The minimum Gasteiger partial charge on any atom is -0.378 e. The number of Topliss-reactive ketones (excluding diaryl/α,β-unsaturated/α-hetero) is 1. The van der Waals surface area contributed by atoms with Crippen molar-refractivity contribution in [2.45, 2.75) is 45.6 Å². The summed E-state index contributed by atoms with van der Waals surface area (Å²) in [6.45, 7) is 5.30. The number of ether oxygens (including phenoxy) is 1. The zero-order valence-corrected chi connectivity index (χ0v) is 11.4. The first-order chi connectivity index (χ1) is 7.22. The Labute approximate surface area is 98.3 Å². The topological polar surface area (TPSA) is 60.4 Å². The summed E-state index contributed by atoms with van der Waals surface area (Å²) in [5.41, 5.74) is -0.458.